The zero-order chi connectivity index (χ0) is 21.5. The highest BCUT2D eigenvalue weighted by molar-refractivity contribution is 6.30. The van der Waals surface area contributed by atoms with E-state index in [1.165, 1.54) is 16.8 Å². The van der Waals surface area contributed by atoms with Gasteiger partial charge in [0, 0.05) is 54.2 Å². The highest BCUT2D eigenvalue weighted by Crippen LogP contribution is 2.27. The summed E-state index contributed by atoms with van der Waals surface area (Å²) >= 11 is 6.24. The lowest BCUT2D eigenvalue weighted by molar-refractivity contribution is 0.637. The number of rotatable bonds is 3. The normalized spacial score (nSPS) is 14.5. The highest BCUT2D eigenvalue weighted by atomic mass is 35.5. The summed E-state index contributed by atoms with van der Waals surface area (Å²) in [5, 5.41) is 5.58. The van der Waals surface area contributed by atoms with Gasteiger partial charge in [-0.15, -0.1) is 5.10 Å². The first-order valence-corrected chi connectivity index (χ1v) is 10.9. The number of piperazine rings is 1. The van der Waals surface area contributed by atoms with Gasteiger partial charge < -0.3 is 9.80 Å². The van der Waals surface area contributed by atoms with Gasteiger partial charge in [0.15, 0.2) is 5.82 Å². The molecule has 2 aromatic heterocycles. The fraction of sp³-hybridized carbons (Fsp3) is 0.292. The molecule has 0 bridgehead atoms. The van der Waals surface area contributed by atoms with Gasteiger partial charge in [-0.25, -0.2) is 4.98 Å². The van der Waals surface area contributed by atoms with Crippen LogP contribution < -0.4 is 9.80 Å². The van der Waals surface area contributed by atoms with E-state index in [9.17, 15) is 0 Å². The molecule has 6 nitrogen and oxygen atoms in total. The van der Waals surface area contributed by atoms with Crippen molar-refractivity contribution in [1.29, 1.82) is 0 Å². The molecular formula is C24H25ClN6. The van der Waals surface area contributed by atoms with E-state index in [-0.39, 0.29) is 0 Å². The van der Waals surface area contributed by atoms with Crippen LogP contribution in [0.15, 0.2) is 48.5 Å². The number of aromatic nitrogens is 4. The summed E-state index contributed by atoms with van der Waals surface area (Å²) in [6.45, 7) is 9.85. The summed E-state index contributed by atoms with van der Waals surface area (Å²) in [4.78, 5) is 14.1. The fourth-order valence-electron chi connectivity index (χ4n) is 4.12. The number of benzene rings is 2. The lowest BCUT2D eigenvalue weighted by Gasteiger charge is -2.37. The number of halogens is 1. The number of hydrogen-bond donors (Lipinski definition) is 0. The second kappa shape index (κ2) is 7.85. The zero-order valence-electron chi connectivity index (χ0n) is 18.0. The van der Waals surface area contributed by atoms with Gasteiger partial charge >= 0.3 is 0 Å². The fourth-order valence-corrected chi connectivity index (χ4v) is 4.28. The molecule has 0 N–H and O–H groups in total. The van der Waals surface area contributed by atoms with Crippen LogP contribution in [0.3, 0.4) is 0 Å². The van der Waals surface area contributed by atoms with Crippen LogP contribution in [0.5, 0.6) is 0 Å². The maximum Gasteiger partial charge on any atom is 0.254 e. The molecule has 1 fully saturated rings. The molecule has 31 heavy (non-hydrogen) atoms. The predicted molar refractivity (Wildman–Crippen MR) is 126 cm³/mol. The minimum Gasteiger partial charge on any atom is -0.368 e. The summed E-state index contributed by atoms with van der Waals surface area (Å²) in [6.07, 6.45) is 0. The van der Waals surface area contributed by atoms with E-state index in [1.807, 2.05) is 17.5 Å². The van der Waals surface area contributed by atoms with E-state index in [4.69, 9.17) is 21.7 Å². The molecule has 7 heteroatoms. The van der Waals surface area contributed by atoms with E-state index in [0.717, 1.165) is 48.3 Å². The monoisotopic (exact) mass is 432 g/mol. The van der Waals surface area contributed by atoms with Gasteiger partial charge in [0.25, 0.3) is 5.78 Å². The number of aryl methyl sites for hydroxylation is 3. The van der Waals surface area contributed by atoms with Crippen molar-refractivity contribution < 1.29 is 0 Å². The molecule has 0 amide bonds. The number of anilines is 2. The molecule has 4 aromatic rings. The first kappa shape index (κ1) is 19.8. The van der Waals surface area contributed by atoms with Crippen molar-refractivity contribution >= 4 is 28.9 Å². The number of fused-ring (bicyclic) bond motifs is 1. The molecule has 1 aliphatic rings. The van der Waals surface area contributed by atoms with E-state index < -0.39 is 0 Å². The first-order valence-electron chi connectivity index (χ1n) is 10.6. The topological polar surface area (TPSA) is 49.6 Å². The second-order valence-electron chi connectivity index (χ2n) is 8.17. The van der Waals surface area contributed by atoms with E-state index in [0.29, 0.717) is 11.6 Å². The Morgan fingerprint density at radius 2 is 1.52 bits per heavy atom. The Kier molecular flexibility index (Phi) is 5.02. The van der Waals surface area contributed by atoms with Crippen LogP contribution in [0.2, 0.25) is 5.02 Å². The van der Waals surface area contributed by atoms with Crippen LogP contribution >= 0.6 is 11.6 Å². The molecule has 0 saturated carbocycles. The summed E-state index contributed by atoms with van der Waals surface area (Å²) < 4.78 is 1.88. The lowest BCUT2D eigenvalue weighted by atomic mass is 10.1. The molecule has 158 valence electrons. The largest absolute Gasteiger partial charge is 0.368 e. The predicted octanol–water partition coefficient (Wildman–Crippen LogP) is 4.70. The molecule has 1 saturated heterocycles. The molecule has 0 unspecified atom stereocenters. The molecule has 5 rings (SSSR count). The zero-order valence-corrected chi connectivity index (χ0v) is 18.8. The van der Waals surface area contributed by atoms with Crippen molar-refractivity contribution in [2.75, 3.05) is 36.0 Å². The minimum absolute atomic E-state index is 0.638. The van der Waals surface area contributed by atoms with E-state index in [2.05, 4.69) is 71.1 Å². The Hall–Kier alpha value is -3.12. The Labute approximate surface area is 187 Å². The molecule has 0 radical (unpaired) electrons. The Balaban J connectivity index is 1.44. The molecule has 1 aliphatic heterocycles. The number of nitrogens with zero attached hydrogens (tertiary/aromatic N) is 6. The Bertz CT molecular complexity index is 1240. The van der Waals surface area contributed by atoms with E-state index in [1.54, 1.807) is 0 Å². The first-order chi connectivity index (χ1) is 15.0. The third kappa shape index (κ3) is 3.83. The summed E-state index contributed by atoms with van der Waals surface area (Å²) in [6, 6.07) is 16.5. The van der Waals surface area contributed by atoms with Gasteiger partial charge in [0.1, 0.15) is 5.82 Å². The second-order valence-corrected chi connectivity index (χ2v) is 8.61. The van der Waals surface area contributed by atoms with Gasteiger partial charge in [-0.3, -0.25) is 0 Å². The van der Waals surface area contributed by atoms with Crippen molar-refractivity contribution in [3.63, 3.8) is 0 Å². The molecule has 0 spiro atoms. The third-order valence-electron chi connectivity index (χ3n) is 5.85. The Morgan fingerprint density at radius 3 is 2.26 bits per heavy atom. The maximum atomic E-state index is 6.24. The van der Waals surface area contributed by atoms with Crippen molar-refractivity contribution in [3.8, 4) is 11.4 Å². The van der Waals surface area contributed by atoms with E-state index >= 15 is 0 Å². The van der Waals surface area contributed by atoms with Crippen molar-refractivity contribution in [1.82, 2.24) is 19.6 Å². The van der Waals surface area contributed by atoms with Crippen LogP contribution in [0.25, 0.3) is 17.2 Å². The average molecular weight is 433 g/mol. The lowest BCUT2D eigenvalue weighted by Crippen LogP contribution is -2.47. The van der Waals surface area contributed by atoms with Gasteiger partial charge in [0.2, 0.25) is 0 Å². The third-order valence-corrected chi connectivity index (χ3v) is 6.08. The van der Waals surface area contributed by atoms with Crippen molar-refractivity contribution in [2.24, 2.45) is 0 Å². The molecule has 2 aromatic carbocycles. The van der Waals surface area contributed by atoms with Crippen molar-refractivity contribution in [2.45, 2.75) is 20.8 Å². The van der Waals surface area contributed by atoms with Crippen LogP contribution in [0.1, 0.15) is 16.8 Å². The van der Waals surface area contributed by atoms with Gasteiger partial charge in [-0.05, 0) is 38.5 Å². The van der Waals surface area contributed by atoms with Crippen molar-refractivity contribution in [3.05, 3.63) is 70.4 Å². The molecule has 3 heterocycles. The Morgan fingerprint density at radius 1 is 0.806 bits per heavy atom. The SMILES string of the molecule is Cc1ccc(-c2nc3nc(C)cc(N4CCN(c5cc(Cl)ccc5C)CC4)n3n2)cc1. The van der Waals surface area contributed by atoms with Gasteiger partial charge in [-0.1, -0.05) is 47.5 Å². The molecule has 0 atom stereocenters. The highest BCUT2D eigenvalue weighted by Gasteiger charge is 2.22. The van der Waals surface area contributed by atoms with Crippen LogP contribution in [0, 0.1) is 20.8 Å². The van der Waals surface area contributed by atoms with Crippen LogP contribution in [-0.2, 0) is 0 Å². The summed E-state index contributed by atoms with van der Waals surface area (Å²) in [5.74, 6) is 2.38. The van der Waals surface area contributed by atoms with Gasteiger partial charge in [-0.2, -0.15) is 9.50 Å². The quantitative estimate of drug-likeness (QED) is 0.469. The van der Waals surface area contributed by atoms with Gasteiger partial charge in [0.05, 0.1) is 0 Å². The standard InChI is InChI=1S/C24H25ClN6/c1-16-4-7-19(8-5-16)23-27-24-26-18(3)14-22(31(24)28-23)30-12-10-29(11-13-30)21-15-20(25)9-6-17(21)2/h4-9,14-15H,10-13H2,1-3H3. The minimum atomic E-state index is 0.638. The van der Waals surface area contributed by atoms with Crippen LogP contribution in [0.4, 0.5) is 11.5 Å². The maximum absolute atomic E-state index is 6.24. The average Bonchev–Trinajstić information content (AvgIpc) is 3.19. The molecule has 0 aliphatic carbocycles. The summed E-state index contributed by atoms with van der Waals surface area (Å²) in [5.41, 5.74) is 5.62. The molecular weight excluding hydrogens is 408 g/mol. The smallest absolute Gasteiger partial charge is 0.254 e. The van der Waals surface area contributed by atoms with Crippen LogP contribution in [-0.4, -0.2) is 45.8 Å². The number of hydrogen-bond acceptors (Lipinski definition) is 5. The summed E-state index contributed by atoms with van der Waals surface area (Å²) in [7, 11) is 0.